The zero-order valence-corrected chi connectivity index (χ0v) is 16.8. The maximum Gasteiger partial charge on any atom is 0.263 e. The lowest BCUT2D eigenvalue weighted by molar-refractivity contribution is -0.115. The monoisotopic (exact) mass is 427 g/mol. The summed E-state index contributed by atoms with van der Waals surface area (Å²) in [7, 11) is 0. The van der Waals surface area contributed by atoms with Gasteiger partial charge in [-0.25, -0.2) is 4.98 Å². The van der Waals surface area contributed by atoms with Crippen molar-refractivity contribution in [3.63, 3.8) is 0 Å². The standard InChI is InChI=1S/C20H14ClN3O2S2/c21-17-13-8-4-5-9-15(13)28-18(17)19(26)22-10-16(25)24-20-23-14(11-27-20)12-6-2-1-3-7-12/h1-9,11H,10H2,(H,22,26)(H,23,24,25). The second-order valence-corrected chi connectivity index (χ2v) is 8.16. The molecule has 0 atom stereocenters. The lowest BCUT2D eigenvalue weighted by Crippen LogP contribution is -2.32. The maximum atomic E-state index is 12.4. The topological polar surface area (TPSA) is 71.1 Å². The zero-order chi connectivity index (χ0) is 19.5. The van der Waals surface area contributed by atoms with E-state index in [0.29, 0.717) is 15.0 Å². The van der Waals surface area contributed by atoms with Gasteiger partial charge in [-0.3, -0.25) is 9.59 Å². The molecule has 2 amide bonds. The van der Waals surface area contributed by atoms with Crippen LogP contribution >= 0.6 is 34.3 Å². The van der Waals surface area contributed by atoms with E-state index in [2.05, 4.69) is 15.6 Å². The van der Waals surface area contributed by atoms with Crippen LogP contribution in [0.3, 0.4) is 0 Å². The molecule has 4 aromatic rings. The smallest absolute Gasteiger partial charge is 0.263 e. The second kappa shape index (κ2) is 8.10. The molecule has 0 unspecified atom stereocenters. The molecule has 4 rings (SSSR count). The van der Waals surface area contributed by atoms with E-state index in [4.69, 9.17) is 11.6 Å². The molecule has 28 heavy (non-hydrogen) atoms. The summed E-state index contributed by atoms with van der Waals surface area (Å²) >= 11 is 8.94. The number of fused-ring (bicyclic) bond motifs is 1. The van der Waals surface area contributed by atoms with E-state index < -0.39 is 0 Å². The molecule has 0 saturated heterocycles. The van der Waals surface area contributed by atoms with Gasteiger partial charge in [0.1, 0.15) is 4.88 Å². The molecule has 0 aliphatic heterocycles. The Bertz CT molecular complexity index is 1150. The van der Waals surface area contributed by atoms with Crippen LogP contribution in [0.1, 0.15) is 9.67 Å². The number of nitrogens with one attached hydrogen (secondary N) is 2. The number of benzene rings is 2. The predicted octanol–water partition coefficient (Wildman–Crippen LogP) is 5.05. The first-order valence-electron chi connectivity index (χ1n) is 8.38. The normalized spacial score (nSPS) is 10.8. The van der Waals surface area contributed by atoms with E-state index in [1.807, 2.05) is 60.0 Å². The zero-order valence-electron chi connectivity index (χ0n) is 14.4. The van der Waals surface area contributed by atoms with Gasteiger partial charge in [0.05, 0.1) is 17.3 Å². The summed E-state index contributed by atoms with van der Waals surface area (Å²) in [4.78, 5) is 29.4. The molecule has 140 valence electrons. The lowest BCUT2D eigenvalue weighted by atomic mass is 10.2. The van der Waals surface area contributed by atoms with Crippen molar-refractivity contribution in [3.8, 4) is 11.3 Å². The van der Waals surface area contributed by atoms with E-state index in [1.54, 1.807) is 0 Å². The highest BCUT2D eigenvalue weighted by Crippen LogP contribution is 2.34. The van der Waals surface area contributed by atoms with Crippen LogP contribution in [0.2, 0.25) is 5.02 Å². The number of carbonyl (C=O) groups is 2. The van der Waals surface area contributed by atoms with Crippen LogP contribution in [0.4, 0.5) is 5.13 Å². The van der Waals surface area contributed by atoms with Gasteiger partial charge in [-0.05, 0) is 6.07 Å². The number of thiophene rings is 1. The molecule has 0 aliphatic carbocycles. The number of hydrogen-bond acceptors (Lipinski definition) is 5. The van der Waals surface area contributed by atoms with Crippen LogP contribution in [0.25, 0.3) is 21.3 Å². The van der Waals surface area contributed by atoms with Crippen molar-refractivity contribution < 1.29 is 9.59 Å². The molecule has 8 heteroatoms. The highest BCUT2D eigenvalue weighted by atomic mass is 35.5. The predicted molar refractivity (Wildman–Crippen MR) is 115 cm³/mol. The maximum absolute atomic E-state index is 12.4. The quantitative estimate of drug-likeness (QED) is 0.468. The molecule has 0 bridgehead atoms. The number of amides is 2. The van der Waals surface area contributed by atoms with Crippen LogP contribution in [0, 0.1) is 0 Å². The second-order valence-electron chi connectivity index (χ2n) is 5.88. The number of hydrogen-bond donors (Lipinski definition) is 2. The van der Waals surface area contributed by atoms with Crippen LogP contribution in [0.15, 0.2) is 60.0 Å². The van der Waals surface area contributed by atoms with Gasteiger partial charge in [0.2, 0.25) is 5.91 Å². The minimum atomic E-state index is -0.370. The van der Waals surface area contributed by atoms with E-state index in [9.17, 15) is 9.59 Å². The third-order valence-corrected chi connectivity index (χ3v) is 6.40. The average Bonchev–Trinajstić information content (AvgIpc) is 3.32. The average molecular weight is 428 g/mol. The molecule has 0 saturated carbocycles. The van der Waals surface area contributed by atoms with Gasteiger partial charge in [-0.15, -0.1) is 22.7 Å². The molecule has 2 aromatic heterocycles. The molecule has 2 aromatic carbocycles. The van der Waals surface area contributed by atoms with E-state index in [-0.39, 0.29) is 18.4 Å². The van der Waals surface area contributed by atoms with Crippen molar-refractivity contribution in [2.24, 2.45) is 0 Å². The fourth-order valence-electron chi connectivity index (χ4n) is 2.64. The first kappa shape index (κ1) is 18.6. The SMILES string of the molecule is O=C(CNC(=O)c1sc2ccccc2c1Cl)Nc1nc(-c2ccccc2)cs1. The molecule has 0 fully saturated rings. The van der Waals surface area contributed by atoms with Crippen molar-refractivity contribution in [2.75, 3.05) is 11.9 Å². The third-order valence-electron chi connectivity index (χ3n) is 3.97. The molecular formula is C20H14ClN3O2S2. The number of halogens is 1. The summed E-state index contributed by atoms with van der Waals surface area (Å²) in [6.07, 6.45) is 0. The molecule has 5 nitrogen and oxygen atoms in total. The van der Waals surface area contributed by atoms with E-state index in [0.717, 1.165) is 21.3 Å². The fourth-order valence-corrected chi connectivity index (χ4v) is 4.81. The summed E-state index contributed by atoms with van der Waals surface area (Å²) in [5, 5.41) is 8.92. The summed E-state index contributed by atoms with van der Waals surface area (Å²) in [6.45, 7) is -0.163. The summed E-state index contributed by atoms with van der Waals surface area (Å²) in [5.74, 6) is -0.718. The van der Waals surface area contributed by atoms with Crippen molar-refractivity contribution in [2.45, 2.75) is 0 Å². The first-order chi connectivity index (χ1) is 13.6. The third kappa shape index (κ3) is 3.91. The van der Waals surface area contributed by atoms with Crippen LogP contribution in [-0.4, -0.2) is 23.3 Å². The number of aromatic nitrogens is 1. The first-order valence-corrected chi connectivity index (χ1v) is 10.5. The molecule has 0 radical (unpaired) electrons. The number of rotatable bonds is 5. The largest absolute Gasteiger partial charge is 0.342 e. The number of carbonyl (C=O) groups excluding carboxylic acids is 2. The Kier molecular flexibility index (Phi) is 5.38. The Morgan fingerprint density at radius 2 is 1.79 bits per heavy atom. The Morgan fingerprint density at radius 1 is 1.04 bits per heavy atom. The number of anilines is 1. The Balaban J connectivity index is 1.37. The fraction of sp³-hybridized carbons (Fsp3) is 0.0500. The Hall–Kier alpha value is -2.74. The van der Waals surface area contributed by atoms with Gasteiger partial charge in [0.15, 0.2) is 5.13 Å². The van der Waals surface area contributed by atoms with Gasteiger partial charge >= 0.3 is 0 Å². The van der Waals surface area contributed by atoms with E-state index >= 15 is 0 Å². The summed E-state index contributed by atoms with van der Waals surface area (Å²) in [6, 6.07) is 17.2. The number of nitrogens with zero attached hydrogens (tertiary/aromatic N) is 1. The molecular weight excluding hydrogens is 414 g/mol. The van der Waals surface area contributed by atoms with Gasteiger partial charge in [0, 0.05) is 21.0 Å². The highest BCUT2D eigenvalue weighted by molar-refractivity contribution is 7.21. The minimum Gasteiger partial charge on any atom is -0.342 e. The van der Waals surface area contributed by atoms with Gasteiger partial charge in [0.25, 0.3) is 5.91 Å². The molecule has 2 heterocycles. The summed E-state index contributed by atoms with van der Waals surface area (Å²) in [5.41, 5.74) is 1.77. The van der Waals surface area contributed by atoms with Gasteiger partial charge in [-0.1, -0.05) is 60.1 Å². The van der Waals surface area contributed by atoms with Gasteiger partial charge < -0.3 is 10.6 Å². The van der Waals surface area contributed by atoms with Crippen LogP contribution in [0.5, 0.6) is 0 Å². The highest BCUT2D eigenvalue weighted by Gasteiger charge is 2.17. The van der Waals surface area contributed by atoms with Crippen LogP contribution in [-0.2, 0) is 4.79 Å². The molecule has 2 N–H and O–H groups in total. The molecule has 0 aliphatic rings. The number of thiazole rings is 1. The minimum absolute atomic E-state index is 0.163. The van der Waals surface area contributed by atoms with Gasteiger partial charge in [-0.2, -0.15) is 0 Å². The molecule has 0 spiro atoms. The van der Waals surface area contributed by atoms with Crippen LogP contribution < -0.4 is 10.6 Å². The Morgan fingerprint density at radius 3 is 2.57 bits per heavy atom. The van der Waals surface area contributed by atoms with Crippen molar-refractivity contribution >= 4 is 61.3 Å². The van der Waals surface area contributed by atoms with E-state index in [1.165, 1.54) is 22.7 Å². The lowest BCUT2D eigenvalue weighted by Gasteiger charge is -2.04. The van der Waals surface area contributed by atoms with Crippen molar-refractivity contribution in [3.05, 3.63) is 69.9 Å². The summed E-state index contributed by atoms with van der Waals surface area (Å²) < 4.78 is 0.929. The van der Waals surface area contributed by atoms with Crippen molar-refractivity contribution in [1.29, 1.82) is 0 Å². The Labute approximate surface area is 174 Å². The van der Waals surface area contributed by atoms with Crippen molar-refractivity contribution in [1.82, 2.24) is 10.3 Å².